The number of carbonyl (C=O) groups excluding carboxylic acids is 1. The van der Waals surface area contributed by atoms with Crippen LogP contribution >= 0.6 is 0 Å². The zero-order valence-electron chi connectivity index (χ0n) is 10.2. The molecule has 94 valence electrons. The average Bonchev–Trinajstić information content (AvgIpc) is 2.30. The predicted molar refractivity (Wildman–Crippen MR) is 65.4 cm³/mol. The Morgan fingerprint density at radius 3 is 2.53 bits per heavy atom. The summed E-state index contributed by atoms with van der Waals surface area (Å²) in [4.78, 5) is 11.8. The Hall–Kier alpha value is -1.39. The smallest absolute Gasteiger partial charge is 0.329 e. The molecule has 1 aromatic rings. The Morgan fingerprint density at radius 1 is 1.47 bits per heavy atom. The summed E-state index contributed by atoms with van der Waals surface area (Å²) in [5.74, 6) is -0.571. The molecule has 4 heteroatoms. The number of ether oxygens (including phenoxy) is 1. The van der Waals surface area contributed by atoms with Crippen LogP contribution in [-0.2, 0) is 16.0 Å². The maximum Gasteiger partial charge on any atom is 0.329 e. The van der Waals surface area contributed by atoms with E-state index in [-0.39, 0.29) is 13.0 Å². The normalized spacial score (nSPS) is 16.0. The minimum atomic E-state index is -1.39. The Bertz CT molecular complexity index is 364. The lowest BCUT2D eigenvalue weighted by atomic mass is 9.87. The zero-order valence-corrected chi connectivity index (χ0v) is 10.2. The molecule has 1 rings (SSSR count). The van der Waals surface area contributed by atoms with Crippen molar-refractivity contribution in [3.63, 3.8) is 0 Å². The Labute approximate surface area is 101 Å². The monoisotopic (exact) mass is 237 g/mol. The molecule has 0 spiro atoms. The van der Waals surface area contributed by atoms with Gasteiger partial charge in [0.1, 0.15) is 5.54 Å². The summed E-state index contributed by atoms with van der Waals surface area (Å²) in [7, 11) is 0. The van der Waals surface area contributed by atoms with Gasteiger partial charge in [-0.15, -0.1) is 0 Å². The number of aliphatic hydroxyl groups excluding tert-OH is 1. The topological polar surface area (TPSA) is 72.5 Å². The van der Waals surface area contributed by atoms with E-state index in [1.165, 1.54) is 6.92 Å². The quantitative estimate of drug-likeness (QED) is 0.745. The van der Waals surface area contributed by atoms with E-state index in [9.17, 15) is 9.90 Å². The summed E-state index contributed by atoms with van der Waals surface area (Å²) in [6.07, 6.45) is -0.716. The summed E-state index contributed by atoms with van der Waals surface area (Å²) in [6, 6.07) is 9.34. The highest BCUT2D eigenvalue weighted by molar-refractivity contribution is 5.81. The number of rotatable bonds is 5. The third-order valence-corrected chi connectivity index (χ3v) is 2.74. The number of nitrogens with two attached hydrogens (primary N) is 1. The summed E-state index contributed by atoms with van der Waals surface area (Å²) >= 11 is 0. The first-order valence-corrected chi connectivity index (χ1v) is 5.68. The number of benzene rings is 1. The van der Waals surface area contributed by atoms with Crippen molar-refractivity contribution in [3.05, 3.63) is 35.9 Å². The third-order valence-electron chi connectivity index (χ3n) is 2.74. The highest BCUT2D eigenvalue weighted by Gasteiger charge is 2.40. The number of hydrogen-bond acceptors (Lipinski definition) is 4. The van der Waals surface area contributed by atoms with Crippen LogP contribution in [0.5, 0.6) is 0 Å². The minimum absolute atomic E-state index is 0.249. The van der Waals surface area contributed by atoms with Crippen LogP contribution < -0.4 is 5.73 Å². The first-order valence-electron chi connectivity index (χ1n) is 5.68. The van der Waals surface area contributed by atoms with Gasteiger partial charge in [0.25, 0.3) is 0 Å². The number of carbonyl (C=O) groups is 1. The molecule has 0 aromatic heterocycles. The number of hydrogen-bond donors (Lipinski definition) is 2. The van der Waals surface area contributed by atoms with Gasteiger partial charge in [0.2, 0.25) is 0 Å². The van der Waals surface area contributed by atoms with Gasteiger partial charge in [0.15, 0.2) is 0 Å². The van der Waals surface area contributed by atoms with Crippen LogP contribution in [0.15, 0.2) is 30.3 Å². The van der Waals surface area contributed by atoms with Crippen molar-refractivity contribution in [1.29, 1.82) is 0 Å². The second-order valence-electron chi connectivity index (χ2n) is 4.10. The molecule has 0 aliphatic heterocycles. The van der Waals surface area contributed by atoms with E-state index in [0.717, 1.165) is 5.56 Å². The summed E-state index contributed by atoms with van der Waals surface area (Å²) < 4.78 is 4.92. The van der Waals surface area contributed by atoms with Crippen molar-refractivity contribution >= 4 is 5.97 Å². The minimum Gasteiger partial charge on any atom is -0.465 e. The van der Waals surface area contributed by atoms with E-state index < -0.39 is 17.6 Å². The molecular weight excluding hydrogens is 218 g/mol. The standard InChI is InChI=1S/C13H19NO3/c1-3-17-12(16)13(14,10(2)15)9-11-7-5-4-6-8-11/h4-8,10,15H,3,9,14H2,1-2H3. The van der Waals surface area contributed by atoms with Gasteiger partial charge in [-0.25, -0.2) is 4.79 Å². The van der Waals surface area contributed by atoms with Gasteiger partial charge in [0.05, 0.1) is 12.7 Å². The van der Waals surface area contributed by atoms with Crippen LogP contribution in [-0.4, -0.2) is 29.3 Å². The SMILES string of the molecule is CCOC(=O)C(N)(Cc1ccccc1)C(C)O. The van der Waals surface area contributed by atoms with E-state index in [4.69, 9.17) is 10.5 Å². The van der Waals surface area contributed by atoms with Crippen LogP contribution in [0.2, 0.25) is 0 Å². The largest absolute Gasteiger partial charge is 0.465 e. The van der Waals surface area contributed by atoms with Gasteiger partial charge in [-0.2, -0.15) is 0 Å². The molecule has 0 heterocycles. The molecule has 0 saturated carbocycles. The second kappa shape index (κ2) is 5.80. The van der Waals surface area contributed by atoms with E-state index in [1.54, 1.807) is 6.92 Å². The second-order valence-corrected chi connectivity index (χ2v) is 4.10. The molecule has 0 aliphatic carbocycles. The molecule has 0 saturated heterocycles. The molecule has 4 nitrogen and oxygen atoms in total. The fourth-order valence-electron chi connectivity index (χ4n) is 1.59. The average molecular weight is 237 g/mol. The van der Waals surface area contributed by atoms with E-state index in [1.807, 2.05) is 30.3 Å². The number of aliphatic hydroxyl groups is 1. The highest BCUT2D eigenvalue weighted by atomic mass is 16.5. The van der Waals surface area contributed by atoms with Gasteiger partial charge in [0, 0.05) is 6.42 Å². The van der Waals surface area contributed by atoms with E-state index in [0.29, 0.717) is 0 Å². The summed E-state index contributed by atoms with van der Waals surface area (Å²) in [5, 5.41) is 9.70. The Balaban J connectivity index is 2.89. The van der Waals surface area contributed by atoms with Crippen molar-refractivity contribution in [3.8, 4) is 0 Å². The van der Waals surface area contributed by atoms with Crippen LogP contribution in [0, 0.1) is 0 Å². The van der Waals surface area contributed by atoms with Crippen LogP contribution in [0.25, 0.3) is 0 Å². The predicted octanol–water partition coefficient (Wildman–Crippen LogP) is 0.870. The molecule has 0 bridgehead atoms. The molecule has 1 aromatic carbocycles. The van der Waals surface area contributed by atoms with E-state index >= 15 is 0 Å². The number of esters is 1. The van der Waals surface area contributed by atoms with Gasteiger partial charge < -0.3 is 15.6 Å². The maximum atomic E-state index is 11.8. The lowest BCUT2D eigenvalue weighted by Crippen LogP contribution is -2.58. The fraction of sp³-hybridized carbons (Fsp3) is 0.462. The van der Waals surface area contributed by atoms with Crippen molar-refractivity contribution in [2.24, 2.45) is 5.73 Å². The van der Waals surface area contributed by atoms with Crippen LogP contribution in [0.4, 0.5) is 0 Å². The van der Waals surface area contributed by atoms with Crippen molar-refractivity contribution in [2.75, 3.05) is 6.61 Å². The summed E-state index contributed by atoms with van der Waals surface area (Å²) in [5.41, 5.74) is 5.48. The summed E-state index contributed by atoms with van der Waals surface area (Å²) in [6.45, 7) is 3.46. The van der Waals surface area contributed by atoms with Gasteiger partial charge in [-0.1, -0.05) is 30.3 Å². The first kappa shape index (κ1) is 13.7. The Kier molecular flexibility index (Phi) is 4.66. The molecule has 3 N–H and O–H groups in total. The zero-order chi connectivity index (χ0) is 12.9. The van der Waals surface area contributed by atoms with Crippen LogP contribution in [0.1, 0.15) is 19.4 Å². The lowest BCUT2D eigenvalue weighted by Gasteiger charge is -2.29. The maximum absolute atomic E-state index is 11.8. The molecule has 0 aliphatic rings. The van der Waals surface area contributed by atoms with Gasteiger partial charge >= 0.3 is 5.97 Å². The van der Waals surface area contributed by atoms with Gasteiger partial charge in [-0.05, 0) is 19.4 Å². The molecule has 0 amide bonds. The first-order chi connectivity index (χ1) is 8.00. The molecule has 0 radical (unpaired) electrons. The van der Waals surface area contributed by atoms with Crippen molar-refractivity contribution < 1.29 is 14.6 Å². The van der Waals surface area contributed by atoms with Gasteiger partial charge in [-0.3, -0.25) is 0 Å². The molecular formula is C13H19NO3. The molecule has 17 heavy (non-hydrogen) atoms. The fourth-order valence-corrected chi connectivity index (χ4v) is 1.59. The highest BCUT2D eigenvalue weighted by Crippen LogP contribution is 2.17. The lowest BCUT2D eigenvalue weighted by molar-refractivity contribution is -0.153. The molecule has 2 atom stereocenters. The Morgan fingerprint density at radius 2 is 2.06 bits per heavy atom. The van der Waals surface area contributed by atoms with Crippen molar-refractivity contribution in [1.82, 2.24) is 0 Å². The van der Waals surface area contributed by atoms with Crippen molar-refractivity contribution in [2.45, 2.75) is 31.9 Å². The molecule has 0 fully saturated rings. The third kappa shape index (κ3) is 3.28. The molecule has 2 unspecified atom stereocenters. The van der Waals surface area contributed by atoms with Crippen LogP contribution in [0.3, 0.4) is 0 Å². The van der Waals surface area contributed by atoms with E-state index in [2.05, 4.69) is 0 Å².